The Bertz CT molecular complexity index is 674. The third kappa shape index (κ3) is 4.53. The van der Waals surface area contributed by atoms with Crippen LogP contribution in [0.4, 0.5) is 10.5 Å². The van der Waals surface area contributed by atoms with Crippen LogP contribution in [-0.2, 0) is 4.79 Å². The Morgan fingerprint density at radius 1 is 1.40 bits per heavy atom. The number of fused-ring (bicyclic) bond motifs is 3. The summed E-state index contributed by atoms with van der Waals surface area (Å²) in [6.07, 6.45) is 2.80. The van der Waals surface area contributed by atoms with Gasteiger partial charge in [-0.3, -0.25) is 4.79 Å². The number of nitrogens with one attached hydrogen (secondary N) is 2. The van der Waals surface area contributed by atoms with E-state index in [1.807, 2.05) is 25.1 Å². The van der Waals surface area contributed by atoms with Gasteiger partial charge in [0.1, 0.15) is 12.4 Å². The van der Waals surface area contributed by atoms with Gasteiger partial charge in [-0.05, 0) is 37.5 Å². The van der Waals surface area contributed by atoms with Crippen molar-refractivity contribution in [1.82, 2.24) is 10.2 Å². The molecule has 1 aromatic rings. The number of hydrogen-bond acceptors (Lipinski definition) is 3. The predicted molar refractivity (Wildman–Crippen MR) is 96.6 cm³/mol. The van der Waals surface area contributed by atoms with Crippen LogP contribution in [0, 0.1) is 5.92 Å². The molecule has 2 aliphatic rings. The lowest BCUT2D eigenvalue weighted by atomic mass is 9.99. The van der Waals surface area contributed by atoms with E-state index in [4.69, 9.17) is 4.74 Å². The highest BCUT2D eigenvalue weighted by Gasteiger charge is 2.34. The van der Waals surface area contributed by atoms with Gasteiger partial charge in [0.05, 0.1) is 5.92 Å². The molecule has 0 unspecified atom stereocenters. The summed E-state index contributed by atoms with van der Waals surface area (Å²) >= 11 is 0. The Morgan fingerprint density at radius 3 is 3.04 bits per heavy atom. The van der Waals surface area contributed by atoms with Gasteiger partial charge in [-0.1, -0.05) is 19.1 Å². The van der Waals surface area contributed by atoms with E-state index >= 15 is 0 Å². The molecule has 2 N–H and O–H groups in total. The van der Waals surface area contributed by atoms with E-state index in [9.17, 15) is 9.59 Å². The number of carbonyl (C=O) groups excluding carboxylic acids is 2. The molecule has 2 atom stereocenters. The zero-order valence-electron chi connectivity index (χ0n) is 14.6. The van der Waals surface area contributed by atoms with E-state index < -0.39 is 0 Å². The quantitative estimate of drug-likeness (QED) is 0.826. The molecule has 0 radical (unpaired) electrons. The van der Waals surface area contributed by atoms with Gasteiger partial charge in [-0.15, -0.1) is 0 Å². The maximum atomic E-state index is 12.7. The molecule has 1 aromatic carbocycles. The van der Waals surface area contributed by atoms with E-state index in [1.54, 1.807) is 11.0 Å². The molecule has 25 heavy (non-hydrogen) atoms. The van der Waals surface area contributed by atoms with Crippen molar-refractivity contribution in [3.63, 3.8) is 0 Å². The largest absolute Gasteiger partial charge is 0.489 e. The fraction of sp³-hybridized carbons (Fsp3) is 0.474. The molecule has 6 heteroatoms. The molecule has 2 aliphatic heterocycles. The Morgan fingerprint density at radius 2 is 2.24 bits per heavy atom. The Balaban J connectivity index is 1.65. The summed E-state index contributed by atoms with van der Waals surface area (Å²) in [5.41, 5.74) is 1.61. The van der Waals surface area contributed by atoms with E-state index in [2.05, 4.69) is 17.2 Å². The lowest BCUT2D eigenvalue weighted by molar-refractivity contribution is -0.124. The molecule has 134 valence electrons. The van der Waals surface area contributed by atoms with Crippen LogP contribution in [0.1, 0.15) is 26.2 Å². The van der Waals surface area contributed by atoms with Gasteiger partial charge in [-0.2, -0.15) is 0 Å². The smallest absolute Gasteiger partial charge is 0.321 e. The van der Waals surface area contributed by atoms with Gasteiger partial charge < -0.3 is 20.3 Å². The highest BCUT2D eigenvalue weighted by Crippen LogP contribution is 2.23. The zero-order valence-corrected chi connectivity index (χ0v) is 14.6. The van der Waals surface area contributed by atoms with E-state index in [0.717, 1.165) is 24.8 Å². The monoisotopic (exact) mass is 343 g/mol. The maximum Gasteiger partial charge on any atom is 0.321 e. The van der Waals surface area contributed by atoms with Crippen molar-refractivity contribution < 1.29 is 14.3 Å². The first-order chi connectivity index (χ1) is 12.0. The van der Waals surface area contributed by atoms with Gasteiger partial charge in [0.15, 0.2) is 0 Å². The fourth-order valence-electron chi connectivity index (χ4n) is 3.29. The normalized spacial score (nSPS) is 22.6. The topological polar surface area (TPSA) is 70.7 Å². The van der Waals surface area contributed by atoms with Crippen LogP contribution in [0.3, 0.4) is 0 Å². The number of urea groups is 1. The van der Waals surface area contributed by atoms with Gasteiger partial charge in [0.2, 0.25) is 5.91 Å². The highest BCUT2D eigenvalue weighted by molar-refractivity contribution is 5.90. The Hall–Kier alpha value is -2.50. The maximum absolute atomic E-state index is 12.7. The van der Waals surface area contributed by atoms with Gasteiger partial charge >= 0.3 is 6.03 Å². The highest BCUT2D eigenvalue weighted by atomic mass is 16.5. The number of carbonyl (C=O) groups is 2. The number of likely N-dealkylation sites (tertiary alicyclic amines) is 1. The number of ether oxygens (including phenoxy) is 1. The Labute approximate surface area is 148 Å². The molecular weight excluding hydrogens is 318 g/mol. The van der Waals surface area contributed by atoms with Crippen molar-refractivity contribution in [2.24, 2.45) is 5.92 Å². The fourth-order valence-corrected chi connectivity index (χ4v) is 3.29. The first kappa shape index (κ1) is 17.3. The second-order valence-electron chi connectivity index (χ2n) is 6.94. The molecule has 3 rings (SSSR count). The first-order valence-electron chi connectivity index (χ1n) is 8.75. The minimum Gasteiger partial charge on any atom is -0.489 e. The summed E-state index contributed by atoms with van der Waals surface area (Å²) in [4.78, 5) is 26.5. The van der Waals surface area contributed by atoms with Crippen LogP contribution >= 0.6 is 0 Å². The average Bonchev–Trinajstić information content (AvgIpc) is 2.81. The van der Waals surface area contributed by atoms with Crippen molar-refractivity contribution >= 4 is 17.6 Å². The summed E-state index contributed by atoms with van der Waals surface area (Å²) in [5, 5.41) is 5.95. The number of amides is 3. The van der Waals surface area contributed by atoms with Crippen molar-refractivity contribution in [3.05, 3.63) is 36.4 Å². The lowest BCUT2D eigenvalue weighted by Gasteiger charge is -2.27. The van der Waals surface area contributed by atoms with Crippen LogP contribution in [0.25, 0.3) is 0 Å². The van der Waals surface area contributed by atoms with Crippen LogP contribution in [0.15, 0.2) is 36.4 Å². The summed E-state index contributed by atoms with van der Waals surface area (Å²) in [6, 6.07) is 7.18. The van der Waals surface area contributed by atoms with Crippen molar-refractivity contribution in [1.29, 1.82) is 0 Å². The van der Waals surface area contributed by atoms with Crippen LogP contribution in [-0.4, -0.2) is 42.6 Å². The van der Waals surface area contributed by atoms with Crippen molar-refractivity contribution in [2.75, 3.05) is 25.0 Å². The number of nitrogens with zero attached hydrogens (tertiary/aromatic N) is 1. The standard InChI is InChI=1S/C19H25N3O3/c1-13(2)12-25-17-8-4-6-15(9-17)21-19(24)22-10-14-5-3-7-16(11-22)20-18(14)23/h4,6,8-9,14,16H,1,3,5,7,10-12H2,2H3,(H,20,23)(H,21,24)/t14-,16+/m0/s1. The molecule has 0 spiro atoms. The first-order valence-corrected chi connectivity index (χ1v) is 8.75. The molecular formula is C19H25N3O3. The second-order valence-corrected chi connectivity index (χ2v) is 6.94. The third-order valence-corrected chi connectivity index (χ3v) is 4.56. The van der Waals surface area contributed by atoms with Crippen molar-refractivity contribution in [3.8, 4) is 5.75 Å². The van der Waals surface area contributed by atoms with Crippen LogP contribution < -0.4 is 15.4 Å². The SMILES string of the molecule is C=C(C)COc1cccc(NC(=O)N2C[C@H]3CCC[C@@H](C2)C(=O)N3)c1. The van der Waals surface area contributed by atoms with Crippen molar-refractivity contribution in [2.45, 2.75) is 32.2 Å². The minimum absolute atomic E-state index is 0.0518. The summed E-state index contributed by atoms with van der Waals surface area (Å²) in [5.74, 6) is 0.654. The van der Waals surface area contributed by atoms with Crippen LogP contribution in [0.5, 0.6) is 5.75 Å². The van der Waals surface area contributed by atoms with E-state index in [-0.39, 0.29) is 23.9 Å². The number of anilines is 1. The molecule has 6 nitrogen and oxygen atoms in total. The molecule has 2 bridgehead atoms. The summed E-state index contributed by atoms with van der Waals surface area (Å²) in [6.45, 7) is 7.18. The molecule has 2 fully saturated rings. The van der Waals surface area contributed by atoms with Gasteiger partial charge in [0, 0.05) is 30.9 Å². The van der Waals surface area contributed by atoms with Crippen LogP contribution in [0.2, 0.25) is 0 Å². The van der Waals surface area contributed by atoms with Gasteiger partial charge in [-0.25, -0.2) is 4.79 Å². The molecule has 0 saturated carbocycles. The summed E-state index contributed by atoms with van der Waals surface area (Å²) in [7, 11) is 0. The second kappa shape index (κ2) is 7.59. The molecule has 2 heterocycles. The molecule has 3 amide bonds. The average molecular weight is 343 g/mol. The summed E-state index contributed by atoms with van der Waals surface area (Å²) < 4.78 is 5.61. The Kier molecular flexibility index (Phi) is 5.26. The number of benzene rings is 1. The third-order valence-electron chi connectivity index (χ3n) is 4.56. The number of rotatable bonds is 4. The molecule has 2 saturated heterocycles. The number of hydrogen-bond donors (Lipinski definition) is 2. The molecule has 0 aliphatic carbocycles. The predicted octanol–water partition coefficient (Wildman–Crippen LogP) is 2.77. The molecule has 0 aromatic heterocycles. The van der Waals surface area contributed by atoms with E-state index in [1.165, 1.54) is 0 Å². The zero-order chi connectivity index (χ0) is 17.8. The van der Waals surface area contributed by atoms with E-state index in [0.29, 0.717) is 31.1 Å². The minimum atomic E-state index is -0.176. The lowest BCUT2D eigenvalue weighted by Crippen LogP contribution is -2.43. The van der Waals surface area contributed by atoms with Gasteiger partial charge in [0.25, 0.3) is 0 Å².